The number of hydrogen-bond donors (Lipinski definition) is 0. The predicted octanol–water partition coefficient (Wildman–Crippen LogP) is 7.21. The minimum atomic E-state index is -0.656. The van der Waals surface area contributed by atoms with Gasteiger partial charge in [0.05, 0.1) is 21.0 Å². The van der Waals surface area contributed by atoms with Gasteiger partial charge in [-0.25, -0.2) is 4.98 Å². The number of benzene rings is 4. The fourth-order valence-corrected chi connectivity index (χ4v) is 7.79. The van der Waals surface area contributed by atoms with Gasteiger partial charge in [0.2, 0.25) is 0 Å². The Bertz CT molecular complexity index is 1380. The Labute approximate surface area is 243 Å². The molecule has 0 unspecified atom stereocenters. The summed E-state index contributed by atoms with van der Waals surface area (Å²) in [5.41, 5.74) is 10.6. The summed E-state index contributed by atoms with van der Waals surface area (Å²) in [6.45, 7) is 4.52. The fourth-order valence-electron chi connectivity index (χ4n) is 5.28. The van der Waals surface area contributed by atoms with Crippen LogP contribution in [-0.2, 0) is 5.16 Å². The number of aromatic nitrogens is 2. The fraction of sp³-hybridized carbons (Fsp3) is 0.139. The lowest BCUT2D eigenvalue weighted by atomic mass is 9.92. The van der Waals surface area contributed by atoms with Crippen molar-refractivity contribution in [3.63, 3.8) is 0 Å². The van der Waals surface area contributed by atoms with Crippen molar-refractivity contribution in [2.45, 2.75) is 31.9 Å². The first-order chi connectivity index (χ1) is 19.7. The van der Waals surface area contributed by atoms with Crippen molar-refractivity contribution < 1.29 is 0 Å². The highest BCUT2D eigenvalue weighted by atomic mass is 28.2. The van der Waals surface area contributed by atoms with Crippen molar-refractivity contribution in [2.24, 2.45) is 0 Å². The van der Waals surface area contributed by atoms with E-state index in [1.165, 1.54) is 27.8 Å². The quantitative estimate of drug-likeness (QED) is 0.181. The monoisotopic (exact) mass is 538 g/mol. The topological polar surface area (TPSA) is 17.8 Å². The lowest BCUT2D eigenvalue weighted by Gasteiger charge is -2.36. The molecule has 200 valence electrons. The molecule has 40 heavy (non-hydrogen) atoms. The smallest absolute Gasteiger partial charge is 0.130 e. The van der Waals surface area contributed by atoms with Crippen LogP contribution < -0.4 is 0 Å². The molecule has 0 aliphatic rings. The van der Waals surface area contributed by atoms with Crippen LogP contribution in [0.2, 0.25) is 0 Å². The summed E-state index contributed by atoms with van der Waals surface area (Å²) in [6.07, 6.45) is 8.23. The van der Waals surface area contributed by atoms with Crippen molar-refractivity contribution in [1.82, 2.24) is 9.55 Å². The molecule has 2 nitrogen and oxygen atoms in total. The van der Waals surface area contributed by atoms with E-state index in [2.05, 4.69) is 158 Å². The molecule has 0 aliphatic carbocycles. The Kier molecular flexibility index (Phi) is 10.7. The van der Waals surface area contributed by atoms with Crippen LogP contribution in [0.15, 0.2) is 157 Å². The zero-order chi connectivity index (χ0) is 28.0. The second-order valence-corrected chi connectivity index (χ2v) is 11.6. The van der Waals surface area contributed by atoms with Crippen molar-refractivity contribution in [1.29, 1.82) is 0 Å². The van der Waals surface area contributed by atoms with E-state index in [0.29, 0.717) is 0 Å². The number of hydrogen-bond acceptors (Lipinski definition) is 1. The third kappa shape index (κ3) is 6.88. The van der Waals surface area contributed by atoms with Crippen LogP contribution in [-0.4, -0.2) is 26.9 Å². The summed E-state index contributed by atoms with van der Waals surface area (Å²) in [5.74, 6) is 2.16. The van der Waals surface area contributed by atoms with Gasteiger partial charge in [0.25, 0.3) is 0 Å². The Morgan fingerprint density at radius 1 is 0.725 bits per heavy atom. The zero-order valence-electron chi connectivity index (χ0n) is 23.9. The van der Waals surface area contributed by atoms with Crippen molar-refractivity contribution in [3.8, 4) is 0 Å². The molecule has 0 aliphatic heterocycles. The molecule has 1 aromatic heterocycles. The van der Waals surface area contributed by atoms with Gasteiger partial charge in [-0.05, 0) is 40.7 Å². The van der Waals surface area contributed by atoms with Gasteiger partial charge in [0, 0.05) is 12.4 Å². The Balaban J connectivity index is 0.000000210. The molecule has 4 heteroatoms. The van der Waals surface area contributed by atoms with E-state index in [4.69, 9.17) is 0 Å². The molecule has 1 heterocycles. The molecular formula is C36H39BN2Si. The van der Waals surface area contributed by atoms with E-state index in [9.17, 15) is 0 Å². The van der Waals surface area contributed by atoms with Gasteiger partial charge < -0.3 is 4.57 Å². The Morgan fingerprint density at radius 2 is 1.18 bits per heavy atom. The Hall–Kier alpha value is -4.15. The van der Waals surface area contributed by atoms with Gasteiger partial charge in [0.1, 0.15) is 7.85 Å². The molecule has 0 N–H and O–H groups in total. The number of imidazole rings is 1. The SMILES string of the molecule is BC=C(c1ccccc1)c1ccccc1.CCC(=C[SiH2]C(c1ccccc1)(c1ccccc1)n1ccnc1)CC. The van der Waals surface area contributed by atoms with E-state index in [1.54, 1.807) is 5.57 Å². The van der Waals surface area contributed by atoms with Crippen molar-refractivity contribution >= 4 is 22.9 Å². The van der Waals surface area contributed by atoms with Crippen LogP contribution in [0.4, 0.5) is 0 Å². The molecule has 0 bridgehead atoms. The molecule has 4 aromatic carbocycles. The first kappa shape index (κ1) is 28.8. The first-order valence-electron chi connectivity index (χ1n) is 14.3. The van der Waals surface area contributed by atoms with Crippen LogP contribution in [0.3, 0.4) is 0 Å². The van der Waals surface area contributed by atoms with E-state index < -0.39 is 9.52 Å². The van der Waals surface area contributed by atoms with Gasteiger partial charge in [-0.1, -0.05) is 146 Å². The summed E-state index contributed by atoms with van der Waals surface area (Å²) in [6, 6.07) is 42.7. The largest absolute Gasteiger partial charge is 0.326 e. The van der Waals surface area contributed by atoms with Gasteiger partial charge in [-0.3, -0.25) is 0 Å². The minimum absolute atomic E-state index is 0.144. The van der Waals surface area contributed by atoms with Crippen LogP contribution in [0.5, 0.6) is 0 Å². The highest BCUT2D eigenvalue weighted by Crippen LogP contribution is 2.34. The van der Waals surface area contributed by atoms with Crippen molar-refractivity contribution in [3.05, 3.63) is 180 Å². The van der Waals surface area contributed by atoms with E-state index >= 15 is 0 Å². The molecule has 0 radical (unpaired) electrons. The van der Waals surface area contributed by atoms with E-state index in [1.807, 2.05) is 24.7 Å². The number of nitrogens with zero attached hydrogens (tertiary/aromatic N) is 2. The maximum atomic E-state index is 4.37. The van der Waals surface area contributed by atoms with Gasteiger partial charge in [0.15, 0.2) is 0 Å². The molecule has 5 rings (SSSR count). The third-order valence-electron chi connectivity index (χ3n) is 7.50. The maximum Gasteiger partial charge on any atom is 0.130 e. The predicted molar refractivity (Wildman–Crippen MR) is 177 cm³/mol. The van der Waals surface area contributed by atoms with Gasteiger partial charge in [-0.15, -0.1) is 5.98 Å². The minimum Gasteiger partial charge on any atom is -0.326 e. The lowest BCUT2D eigenvalue weighted by molar-refractivity contribution is 0.596. The molecule has 0 amide bonds. The standard InChI is InChI=1S/C22H26N2Si.C14H13B/c1-3-19(4-2)17-25-22(24-16-15-23-18-24,20-11-7-5-8-12-20)21-13-9-6-10-14-21;15-11-14(12-7-3-1-4-8-12)13-9-5-2-6-10-13/h5-18H,3-4,25H2,1-2H3;1-11H,15H2. The molecule has 0 spiro atoms. The molecule has 0 saturated heterocycles. The highest BCUT2D eigenvalue weighted by Gasteiger charge is 2.35. The highest BCUT2D eigenvalue weighted by molar-refractivity contribution is 6.47. The number of allylic oxidation sites excluding steroid dienone is 1. The van der Waals surface area contributed by atoms with Crippen molar-refractivity contribution in [2.75, 3.05) is 0 Å². The second-order valence-electron chi connectivity index (χ2n) is 9.77. The third-order valence-corrected chi connectivity index (χ3v) is 10.1. The zero-order valence-corrected chi connectivity index (χ0v) is 25.4. The summed E-state index contributed by atoms with van der Waals surface area (Å²) in [7, 11) is 1.42. The maximum absolute atomic E-state index is 4.37. The molecule has 5 aromatic rings. The van der Waals surface area contributed by atoms with Crippen LogP contribution in [0.1, 0.15) is 48.9 Å². The normalized spacial score (nSPS) is 10.9. The van der Waals surface area contributed by atoms with E-state index in [-0.39, 0.29) is 5.16 Å². The lowest BCUT2D eigenvalue weighted by Crippen LogP contribution is -2.41. The summed E-state index contributed by atoms with van der Waals surface area (Å²) in [5, 5.41) is -0.144. The van der Waals surface area contributed by atoms with Crippen LogP contribution in [0.25, 0.3) is 5.57 Å². The van der Waals surface area contributed by atoms with E-state index in [0.717, 1.165) is 12.8 Å². The average molecular weight is 539 g/mol. The molecule has 0 fully saturated rings. The second kappa shape index (κ2) is 14.9. The van der Waals surface area contributed by atoms with Crippen LogP contribution in [0, 0.1) is 0 Å². The molecular weight excluding hydrogens is 499 g/mol. The van der Waals surface area contributed by atoms with Gasteiger partial charge in [-0.2, -0.15) is 0 Å². The van der Waals surface area contributed by atoms with Crippen LogP contribution >= 0.6 is 0 Å². The molecule has 0 atom stereocenters. The van der Waals surface area contributed by atoms with Gasteiger partial charge >= 0.3 is 0 Å². The number of rotatable bonds is 9. The summed E-state index contributed by atoms with van der Waals surface area (Å²) < 4.78 is 2.31. The Morgan fingerprint density at radius 3 is 1.55 bits per heavy atom. The first-order valence-corrected chi connectivity index (χ1v) is 15.8. The average Bonchev–Trinajstić information content (AvgIpc) is 3.58. The summed E-state index contributed by atoms with van der Waals surface area (Å²) in [4.78, 5) is 4.37. The summed E-state index contributed by atoms with van der Waals surface area (Å²) >= 11 is 0. The molecule has 0 saturated carbocycles.